The van der Waals surface area contributed by atoms with E-state index in [9.17, 15) is 4.79 Å². The molecule has 3 aliphatic rings. The van der Waals surface area contributed by atoms with Crippen molar-refractivity contribution in [1.82, 2.24) is 29.8 Å². The number of rotatable bonds is 6. The zero-order valence-corrected chi connectivity index (χ0v) is 25.6. The van der Waals surface area contributed by atoms with Crippen LogP contribution in [0, 0.1) is 12.8 Å². The molecule has 1 amide bonds. The second-order valence-corrected chi connectivity index (χ2v) is 12.9. The Labute approximate surface area is 251 Å². The number of nitrogens with zero attached hydrogens (tertiary/aromatic N) is 6. The lowest BCUT2D eigenvalue weighted by Crippen LogP contribution is -2.48. The normalized spacial score (nSPS) is 22.1. The Morgan fingerprint density at radius 1 is 1.15 bits per heavy atom. The van der Waals surface area contributed by atoms with Gasteiger partial charge in [0, 0.05) is 67.0 Å². The van der Waals surface area contributed by atoms with Gasteiger partial charge in [0.05, 0.1) is 41.0 Å². The molecule has 9 nitrogen and oxygen atoms in total. The van der Waals surface area contributed by atoms with Gasteiger partial charge in [-0.05, 0) is 58.1 Å². The maximum atomic E-state index is 12.2. The molecule has 0 radical (unpaired) electrons. The molecular weight excluding hydrogens is 561 g/mol. The number of halogens is 2. The van der Waals surface area contributed by atoms with E-state index in [1.54, 1.807) is 0 Å². The molecule has 11 heteroatoms. The van der Waals surface area contributed by atoms with Crippen molar-refractivity contribution in [2.45, 2.75) is 51.6 Å². The summed E-state index contributed by atoms with van der Waals surface area (Å²) in [4.78, 5) is 19.1. The highest BCUT2D eigenvalue weighted by Crippen LogP contribution is 2.49. The number of amides is 1. The van der Waals surface area contributed by atoms with Crippen molar-refractivity contribution < 1.29 is 9.53 Å². The smallest absolute Gasteiger partial charge is 0.245 e. The highest BCUT2D eigenvalue weighted by molar-refractivity contribution is 6.45. The van der Waals surface area contributed by atoms with Gasteiger partial charge in [0.2, 0.25) is 5.91 Å². The van der Waals surface area contributed by atoms with Gasteiger partial charge in [-0.3, -0.25) is 19.5 Å². The van der Waals surface area contributed by atoms with Crippen LogP contribution in [0.5, 0.6) is 0 Å². The molecule has 3 aromatic rings. The number of carbonyl (C=O) groups is 1. The number of H-pyrrole nitrogens is 1. The van der Waals surface area contributed by atoms with Gasteiger partial charge < -0.3 is 14.5 Å². The molecule has 2 aromatic heterocycles. The number of hydrogen-bond acceptors (Lipinski definition) is 6. The number of benzene rings is 1. The SMILES string of the molecule is C=CC(=O)N1CCC(n2nc(N3CCC(CN4CCOCC4)C3(C)C)c(-c3c(Cl)c(Cl)cc4[nH]ncc34)c2C)CC1. The van der Waals surface area contributed by atoms with Crippen molar-refractivity contribution in [3.8, 4) is 11.1 Å². The molecule has 0 aliphatic carbocycles. The Bertz CT molecular complexity index is 1450. The third-order valence-corrected chi connectivity index (χ3v) is 10.3. The lowest BCUT2D eigenvalue weighted by molar-refractivity contribution is -0.127. The minimum Gasteiger partial charge on any atom is -0.379 e. The molecule has 41 heavy (non-hydrogen) atoms. The first-order chi connectivity index (χ1) is 19.7. The second kappa shape index (κ2) is 11.2. The van der Waals surface area contributed by atoms with Crippen molar-refractivity contribution in [2.24, 2.45) is 5.92 Å². The number of likely N-dealkylation sites (tertiary alicyclic amines) is 1. The summed E-state index contributed by atoms with van der Waals surface area (Å²) < 4.78 is 7.77. The van der Waals surface area contributed by atoms with Crippen LogP contribution in [0.3, 0.4) is 0 Å². The van der Waals surface area contributed by atoms with E-state index in [0.717, 1.165) is 92.2 Å². The molecule has 1 N–H and O–H groups in total. The number of anilines is 1. The Balaban J connectivity index is 1.42. The van der Waals surface area contributed by atoms with E-state index in [2.05, 4.69) is 52.0 Å². The Kier molecular flexibility index (Phi) is 7.82. The average Bonchev–Trinajstić information content (AvgIpc) is 3.65. The molecule has 0 bridgehead atoms. The first-order valence-corrected chi connectivity index (χ1v) is 15.4. The largest absolute Gasteiger partial charge is 0.379 e. The highest BCUT2D eigenvalue weighted by Gasteiger charge is 2.45. The van der Waals surface area contributed by atoms with Crippen LogP contribution in [0.1, 0.15) is 44.8 Å². The number of aromatic nitrogens is 4. The standard InChI is InChI=1S/C30H39Cl2N7O2/c1-5-25(40)37-9-7-21(8-10-37)39-19(2)26(27-22-17-33-34-24(22)16-23(31)28(27)32)29(35-39)38-11-6-20(30(38,3)4)18-36-12-14-41-15-13-36/h5,16-17,20-21H,1,6-15,18H2,2-4H3,(H,33,34). The summed E-state index contributed by atoms with van der Waals surface area (Å²) in [5, 5.41) is 14.7. The van der Waals surface area contributed by atoms with Crippen molar-refractivity contribution in [2.75, 3.05) is 57.4 Å². The van der Waals surface area contributed by atoms with Crippen molar-refractivity contribution in [1.29, 1.82) is 0 Å². The van der Waals surface area contributed by atoms with E-state index < -0.39 is 0 Å². The average molecular weight is 601 g/mol. The summed E-state index contributed by atoms with van der Waals surface area (Å²) in [6.45, 7) is 17.4. The van der Waals surface area contributed by atoms with E-state index in [1.165, 1.54) is 6.08 Å². The lowest BCUT2D eigenvalue weighted by atomic mass is 9.87. The first-order valence-electron chi connectivity index (χ1n) is 14.6. The van der Waals surface area contributed by atoms with E-state index in [0.29, 0.717) is 29.1 Å². The van der Waals surface area contributed by atoms with Gasteiger partial charge in [0.15, 0.2) is 5.82 Å². The predicted octanol–water partition coefficient (Wildman–Crippen LogP) is 5.33. The van der Waals surface area contributed by atoms with Gasteiger partial charge in [0.1, 0.15) is 0 Å². The molecule has 3 aliphatic heterocycles. The fourth-order valence-corrected chi connectivity index (χ4v) is 7.47. The number of nitrogens with one attached hydrogen (secondary N) is 1. The van der Waals surface area contributed by atoms with Gasteiger partial charge in [-0.1, -0.05) is 29.8 Å². The minimum absolute atomic E-state index is 0.0137. The van der Waals surface area contributed by atoms with Crippen molar-refractivity contribution in [3.05, 3.63) is 40.7 Å². The minimum atomic E-state index is -0.126. The number of ether oxygens (including phenoxy) is 1. The van der Waals surface area contributed by atoms with Crippen LogP contribution in [0.25, 0.3) is 22.0 Å². The lowest BCUT2D eigenvalue weighted by Gasteiger charge is -2.39. The summed E-state index contributed by atoms with van der Waals surface area (Å²) in [6.07, 6.45) is 5.96. The molecule has 1 atom stereocenters. The topological polar surface area (TPSA) is 82.5 Å². The number of carbonyl (C=O) groups excluding carboxylic acids is 1. The van der Waals surface area contributed by atoms with Gasteiger partial charge in [0.25, 0.3) is 0 Å². The monoisotopic (exact) mass is 599 g/mol. The Hall–Kier alpha value is -2.59. The molecule has 0 spiro atoms. The second-order valence-electron chi connectivity index (χ2n) is 12.1. The van der Waals surface area contributed by atoms with Gasteiger partial charge in [-0.25, -0.2) is 0 Å². The van der Waals surface area contributed by atoms with Crippen molar-refractivity contribution in [3.63, 3.8) is 0 Å². The van der Waals surface area contributed by atoms with E-state index in [-0.39, 0.29) is 17.5 Å². The van der Waals surface area contributed by atoms with Crippen LogP contribution in [0.15, 0.2) is 24.9 Å². The van der Waals surface area contributed by atoms with Gasteiger partial charge >= 0.3 is 0 Å². The molecule has 3 fully saturated rings. The van der Waals surface area contributed by atoms with Crippen molar-refractivity contribution >= 4 is 45.8 Å². The highest BCUT2D eigenvalue weighted by atomic mass is 35.5. The number of aromatic amines is 1. The Morgan fingerprint density at radius 2 is 1.88 bits per heavy atom. The fourth-order valence-electron chi connectivity index (χ4n) is 7.01. The number of piperidine rings is 1. The number of morpholine rings is 1. The van der Waals surface area contributed by atoms with Crippen LogP contribution < -0.4 is 4.90 Å². The van der Waals surface area contributed by atoms with Gasteiger partial charge in [-0.15, -0.1) is 0 Å². The summed E-state index contributed by atoms with van der Waals surface area (Å²) in [6, 6.07) is 2.00. The Morgan fingerprint density at radius 3 is 2.59 bits per heavy atom. The maximum absolute atomic E-state index is 12.2. The predicted molar refractivity (Wildman–Crippen MR) is 164 cm³/mol. The van der Waals surface area contributed by atoms with Crippen LogP contribution in [-0.2, 0) is 9.53 Å². The molecule has 220 valence electrons. The van der Waals surface area contributed by atoms with E-state index in [4.69, 9.17) is 33.0 Å². The summed E-state index contributed by atoms with van der Waals surface area (Å²) >= 11 is 13.7. The third-order valence-electron chi connectivity index (χ3n) is 9.55. The fraction of sp³-hybridized carbons (Fsp3) is 0.567. The van der Waals surface area contributed by atoms with E-state index in [1.807, 2.05) is 17.2 Å². The molecule has 0 saturated carbocycles. The zero-order chi connectivity index (χ0) is 28.9. The third kappa shape index (κ3) is 5.05. The van der Waals surface area contributed by atoms with Crippen LogP contribution in [0.2, 0.25) is 10.0 Å². The molecular formula is C30H39Cl2N7O2. The maximum Gasteiger partial charge on any atom is 0.245 e. The number of hydrogen-bond donors (Lipinski definition) is 1. The summed E-state index contributed by atoms with van der Waals surface area (Å²) in [5.74, 6) is 1.41. The molecule has 6 rings (SSSR count). The molecule has 5 heterocycles. The first kappa shape index (κ1) is 28.5. The molecule has 1 unspecified atom stereocenters. The van der Waals surface area contributed by atoms with Crippen LogP contribution in [-0.4, -0.2) is 93.7 Å². The number of fused-ring (bicyclic) bond motifs is 1. The summed E-state index contributed by atoms with van der Waals surface area (Å²) in [7, 11) is 0. The molecule has 3 saturated heterocycles. The quantitative estimate of drug-likeness (QED) is 0.386. The molecule has 1 aromatic carbocycles. The summed E-state index contributed by atoms with van der Waals surface area (Å²) in [5.41, 5.74) is 3.64. The van der Waals surface area contributed by atoms with Crippen LogP contribution >= 0.6 is 23.2 Å². The zero-order valence-electron chi connectivity index (χ0n) is 24.1. The van der Waals surface area contributed by atoms with Crippen LogP contribution in [0.4, 0.5) is 5.82 Å². The van der Waals surface area contributed by atoms with Gasteiger partial charge in [-0.2, -0.15) is 10.2 Å². The van der Waals surface area contributed by atoms with E-state index >= 15 is 0 Å².